The van der Waals surface area contributed by atoms with Crippen molar-refractivity contribution in [2.45, 2.75) is 25.1 Å². The van der Waals surface area contributed by atoms with Gasteiger partial charge < -0.3 is 10.2 Å². The van der Waals surface area contributed by atoms with Crippen LogP contribution in [0.1, 0.15) is 18.4 Å². The monoisotopic (exact) mass is 367 g/mol. The second kappa shape index (κ2) is 7.14. The highest BCUT2D eigenvalue weighted by Gasteiger charge is 2.33. The zero-order valence-corrected chi connectivity index (χ0v) is 13.6. The largest absolute Gasteiger partial charge is 0.416 e. The molecular formula is C16H16F3N5O2. The van der Waals surface area contributed by atoms with Gasteiger partial charge in [-0.2, -0.15) is 13.2 Å². The van der Waals surface area contributed by atoms with Crippen LogP contribution in [-0.4, -0.2) is 34.0 Å². The molecule has 0 unspecified atom stereocenters. The molecular weight excluding hydrogens is 351 g/mol. The lowest BCUT2D eigenvalue weighted by Crippen LogP contribution is -2.43. The Hall–Kier alpha value is -2.91. The third kappa shape index (κ3) is 4.01. The lowest BCUT2D eigenvalue weighted by Gasteiger charge is -2.33. The molecule has 0 radical (unpaired) electrons. The van der Waals surface area contributed by atoms with Gasteiger partial charge >= 0.3 is 6.18 Å². The third-order valence-corrected chi connectivity index (χ3v) is 4.14. The molecule has 1 N–H and O–H groups in total. The first kappa shape index (κ1) is 17.9. The number of nitro benzene ring substituents is 1. The smallest absolute Gasteiger partial charge is 0.375 e. The molecule has 26 heavy (non-hydrogen) atoms. The molecule has 1 aromatic carbocycles. The van der Waals surface area contributed by atoms with Crippen LogP contribution in [0, 0.1) is 10.1 Å². The highest BCUT2D eigenvalue weighted by molar-refractivity contribution is 5.63. The van der Waals surface area contributed by atoms with Crippen LogP contribution in [0.15, 0.2) is 36.7 Å². The first-order chi connectivity index (χ1) is 12.3. The molecule has 0 amide bonds. The average Bonchev–Trinajstić information content (AvgIpc) is 2.62. The molecule has 138 valence electrons. The lowest BCUT2D eigenvalue weighted by molar-refractivity contribution is -0.384. The van der Waals surface area contributed by atoms with Gasteiger partial charge in [-0.15, -0.1) is 0 Å². The van der Waals surface area contributed by atoms with E-state index >= 15 is 0 Å². The number of nitrogens with zero attached hydrogens (tertiary/aromatic N) is 4. The van der Waals surface area contributed by atoms with Crippen LogP contribution in [0.25, 0.3) is 0 Å². The summed E-state index contributed by atoms with van der Waals surface area (Å²) in [6.45, 7) is 1.25. The molecule has 3 rings (SSSR count). The van der Waals surface area contributed by atoms with Gasteiger partial charge in [-0.25, -0.2) is 9.97 Å². The Bertz CT molecular complexity index is 785. The number of benzene rings is 1. The van der Waals surface area contributed by atoms with E-state index in [-0.39, 0.29) is 11.7 Å². The molecule has 1 aliphatic rings. The Kier molecular flexibility index (Phi) is 4.92. The lowest BCUT2D eigenvalue weighted by atomic mass is 10.0. The van der Waals surface area contributed by atoms with Gasteiger partial charge in [-0.05, 0) is 31.0 Å². The van der Waals surface area contributed by atoms with Gasteiger partial charge in [0, 0.05) is 37.6 Å². The van der Waals surface area contributed by atoms with E-state index in [2.05, 4.69) is 15.3 Å². The standard InChI is InChI=1S/C16H16F3N5O2/c17-16(18,19)11-4-5-13(14(9-11)24(25)26)22-12-3-1-8-23(10-12)15-20-6-2-7-21-15/h2,4-7,9,12,22H,1,3,8,10H2/t12-/m1/s1. The van der Waals surface area contributed by atoms with Crippen molar-refractivity contribution >= 4 is 17.3 Å². The second-order valence-electron chi connectivity index (χ2n) is 5.97. The topological polar surface area (TPSA) is 84.2 Å². The predicted octanol–water partition coefficient (Wildman–Crippen LogP) is 3.48. The summed E-state index contributed by atoms with van der Waals surface area (Å²) < 4.78 is 38.4. The number of hydrogen-bond donors (Lipinski definition) is 1. The predicted molar refractivity (Wildman–Crippen MR) is 89.0 cm³/mol. The van der Waals surface area contributed by atoms with E-state index in [1.165, 1.54) is 0 Å². The minimum Gasteiger partial charge on any atom is -0.375 e. The van der Waals surface area contributed by atoms with Crippen LogP contribution in [0.5, 0.6) is 0 Å². The maximum absolute atomic E-state index is 12.8. The van der Waals surface area contributed by atoms with Gasteiger partial charge in [0.1, 0.15) is 5.69 Å². The molecule has 7 nitrogen and oxygen atoms in total. The van der Waals surface area contributed by atoms with E-state index in [1.807, 2.05) is 4.90 Å². The van der Waals surface area contributed by atoms with Crippen LogP contribution >= 0.6 is 0 Å². The van der Waals surface area contributed by atoms with Gasteiger partial charge in [0.15, 0.2) is 0 Å². The van der Waals surface area contributed by atoms with Crippen molar-refractivity contribution in [3.05, 3.63) is 52.3 Å². The summed E-state index contributed by atoms with van der Waals surface area (Å²) in [6.07, 6.45) is 0.168. The molecule has 1 saturated heterocycles. The van der Waals surface area contributed by atoms with E-state index in [1.54, 1.807) is 18.5 Å². The first-order valence-electron chi connectivity index (χ1n) is 7.99. The van der Waals surface area contributed by atoms with Crippen molar-refractivity contribution in [3.63, 3.8) is 0 Å². The van der Waals surface area contributed by atoms with Crippen molar-refractivity contribution in [1.29, 1.82) is 0 Å². The van der Waals surface area contributed by atoms with Crippen molar-refractivity contribution < 1.29 is 18.1 Å². The normalized spacial score (nSPS) is 17.8. The SMILES string of the molecule is O=[N+]([O-])c1cc(C(F)(F)F)ccc1N[C@@H]1CCCN(c2ncccn2)C1. The maximum Gasteiger partial charge on any atom is 0.416 e. The van der Waals surface area contributed by atoms with Crippen LogP contribution in [0.3, 0.4) is 0 Å². The Morgan fingerprint density at radius 3 is 2.65 bits per heavy atom. The Balaban J connectivity index is 1.78. The first-order valence-corrected chi connectivity index (χ1v) is 7.99. The number of halogens is 3. The minimum atomic E-state index is -4.63. The van der Waals surface area contributed by atoms with Gasteiger partial charge in [0.25, 0.3) is 5.69 Å². The molecule has 1 aliphatic heterocycles. The summed E-state index contributed by atoms with van der Waals surface area (Å²) >= 11 is 0. The Morgan fingerprint density at radius 2 is 2.00 bits per heavy atom. The summed E-state index contributed by atoms with van der Waals surface area (Å²) in [6, 6.07) is 4.05. The number of anilines is 2. The van der Waals surface area contributed by atoms with Crippen molar-refractivity contribution in [2.24, 2.45) is 0 Å². The number of hydrogen-bond acceptors (Lipinski definition) is 6. The number of aromatic nitrogens is 2. The van der Waals surface area contributed by atoms with Gasteiger partial charge in [-0.1, -0.05) is 0 Å². The van der Waals surface area contributed by atoms with Crippen LogP contribution in [-0.2, 0) is 6.18 Å². The molecule has 1 aromatic heterocycles. The fraction of sp³-hybridized carbons (Fsp3) is 0.375. The molecule has 0 spiro atoms. The molecule has 0 saturated carbocycles. The summed E-state index contributed by atoms with van der Waals surface area (Å²) in [5.74, 6) is 0.556. The molecule has 1 atom stereocenters. The molecule has 2 heterocycles. The van der Waals surface area contributed by atoms with Crippen LogP contribution < -0.4 is 10.2 Å². The van der Waals surface area contributed by atoms with Crippen molar-refractivity contribution in [2.75, 3.05) is 23.3 Å². The van der Waals surface area contributed by atoms with E-state index in [4.69, 9.17) is 0 Å². The summed E-state index contributed by atoms with van der Waals surface area (Å²) in [7, 11) is 0. The van der Waals surface area contributed by atoms with Crippen molar-refractivity contribution in [1.82, 2.24) is 9.97 Å². The second-order valence-corrected chi connectivity index (χ2v) is 5.97. The molecule has 2 aromatic rings. The summed E-state index contributed by atoms with van der Waals surface area (Å²) in [5.41, 5.74) is -1.56. The number of nitro groups is 1. The van der Waals surface area contributed by atoms with E-state index in [9.17, 15) is 23.3 Å². The fourth-order valence-electron chi connectivity index (χ4n) is 2.93. The van der Waals surface area contributed by atoms with Gasteiger partial charge in [0.05, 0.1) is 10.5 Å². The highest BCUT2D eigenvalue weighted by Crippen LogP contribution is 2.35. The van der Waals surface area contributed by atoms with E-state index < -0.39 is 22.4 Å². The zero-order valence-electron chi connectivity index (χ0n) is 13.6. The third-order valence-electron chi connectivity index (χ3n) is 4.14. The summed E-state index contributed by atoms with van der Waals surface area (Å²) in [4.78, 5) is 20.7. The Labute approximate surface area is 147 Å². The number of rotatable bonds is 4. The summed E-state index contributed by atoms with van der Waals surface area (Å²) in [5, 5.41) is 14.2. The number of nitrogens with one attached hydrogen (secondary N) is 1. The van der Waals surface area contributed by atoms with Crippen molar-refractivity contribution in [3.8, 4) is 0 Å². The fourth-order valence-corrected chi connectivity index (χ4v) is 2.93. The quantitative estimate of drug-likeness (QED) is 0.658. The van der Waals surface area contributed by atoms with Gasteiger partial charge in [-0.3, -0.25) is 10.1 Å². The number of alkyl halides is 3. The molecule has 0 bridgehead atoms. The van der Waals surface area contributed by atoms with E-state index in [0.717, 1.165) is 31.5 Å². The van der Waals surface area contributed by atoms with Crippen LogP contribution in [0.2, 0.25) is 0 Å². The van der Waals surface area contributed by atoms with Crippen LogP contribution in [0.4, 0.5) is 30.5 Å². The average molecular weight is 367 g/mol. The number of piperidine rings is 1. The molecule has 0 aliphatic carbocycles. The zero-order chi connectivity index (χ0) is 18.7. The van der Waals surface area contributed by atoms with Gasteiger partial charge in [0.2, 0.25) is 5.95 Å². The minimum absolute atomic E-state index is 0.0730. The Morgan fingerprint density at radius 1 is 1.27 bits per heavy atom. The highest BCUT2D eigenvalue weighted by atomic mass is 19.4. The molecule has 10 heteroatoms. The maximum atomic E-state index is 12.8. The molecule has 1 fully saturated rings. The van der Waals surface area contributed by atoms with E-state index in [0.29, 0.717) is 18.6 Å².